The Morgan fingerprint density at radius 2 is 2.00 bits per heavy atom. The highest BCUT2D eigenvalue weighted by Crippen LogP contribution is 1.99. The van der Waals surface area contributed by atoms with Gasteiger partial charge in [0.2, 0.25) is 5.91 Å². The summed E-state index contributed by atoms with van der Waals surface area (Å²) in [5, 5.41) is 2.83. The van der Waals surface area contributed by atoms with Gasteiger partial charge in [-0.15, -0.1) is 0 Å². The minimum atomic E-state index is -0.0744. The standard InChI is InChI=1S/C8H16BrNO/c1-6(2)4-5-10-8(11)7(3)9/h6-7H,4-5H2,1-3H3,(H,10,11)/t7-/m0/s1. The second-order valence-electron chi connectivity index (χ2n) is 3.09. The van der Waals surface area contributed by atoms with Crippen LogP contribution in [0.4, 0.5) is 0 Å². The van der Waals surface area contributed by atoms with Crippen molar-refractivity contribution in [3.63, 3.8) is 0 Å². The average Bonchev–Trinajstić information content (AvgIpc) is 1.86. The molecule has 0 saturated heterocycles. The van der Waals surface area contributed by atoms with Crippen LogP contribution in [0.5, 0.6) is 0 Å². The van der Waals surface area contributed by atoms with Gasteiger partial charge in [0.25, 0.3) is 0 Å². The Labute approximate surface area is 76.9 Å². The predicted octanol–water partition coefficient (Wildman–Crippen LogP) is 1.93. The second kappa shape index (κ2) is 5.58. The fourth-order valence-electron chi connectivity index (χ4n) is 0.625. The summed E-state index contributed by atoms with van der Waals surface area (Å²) < 4.78 is 0. The van der Waals surface area contributed by atoms with E-state index in [0.29, 0.717) is 5.92 Å². The van der Waals surface area contributed by atoms with Crippen LogP contribution in [-0.2, 0) is 4.79 Å². The minimum absolute atomic E-state index is 0.0744. The molecule has 0 aromatic rings. The largest absolute Gasteiger partial charge is 0.355 e. The Kier molecular flexibility index (Phi) is 5.56. The summed E-state index contributed by atoms with van der Waals surface area (Å²) in [4.78, 5) is 10.9. The molecule has 0 radical (unpaired) electrons. The predicted molar refractivity (Wildman–Crippen MR) is 50.9 cm³/mol. The van der Waals surface area contributed by atoms with Crippen LogP contribution in [0.25, 0.3) is 0 Å². The van der Waals surface area contributed by atoms with E-state index < -0.39 is 0 Å². The van der Waals surface area contributed by atoms with Gasteiger partial charge in [0, 0.05) is 6.54 Å². The highest BCUT2D eigenvalue weighted by molar-refractivity contribution is 9.10. The number of carbonyl (C=O) groups is 1. The summed E-state index contributed by atoms with van der Waals surface area (Å²) in [7, 11) is 0. The van der Waals surface area contributed by atoms with Crippen molar-refractivity contribution in [3.8, 4) is 0 Å². The Hall–Kier alpha value is -0.0500. The molecule has 0 unspecified atom stereocenters. The third-order valence-electron chi connectivity index (χ3n) is 1.38. The van der Waals surface area contributed by atoms with Crippen LogP contribution in [0, 0.1) is 5.92 Å². The molecule has 0 aromatic carbocycles. The summed E-state index contributed by atoms with van der Waals surface area (Å²) in [6.45, 7) is 6.89. The lowest BCUT2D eigenvalue weighted by Gasteiger charge is -2.07. The van der Waals surface area contributed by atoms with Crippen molar-refractivity contribution < 1.29 is 4.79 Å². The number of rotatable bonds is 4. The van der Waals surface area contributed by atoms with E-state index in [2.05, 4.69) is 35.1 Å². The van der Waals surface area contributed by atoms with Crippen molar-refractivity contribution in [2.45, 2.75) is 32.0 Å². The third-order valence-corrected chi connectivity index (χ3v) is 1.80. The molecule has 1 atom stereocenters. The monoisotopic (exact) mass is 221 g/mol. The maximum absolute atomic E-state index is 11.0. The van der Waals surface area contributed by atoms with Gasteiger partial charge in [0.05, 0.1) is 4.83 Å². The van der Waals surface area contributed by atoms with Gasteiger partial charge in [0.15, 0.2) is 0 Å². The lowest BCUT2D eigenvalue weighted by molar-refractivity contribution is -0.120. The molecular formula is C8H16BrNO. The molecule has 0 aliphatic rings. The number of alkyl halides is 1. The molecule has 3 heteroatoms. The first-order chi connectivity index (χ1) is 5.04. The van der Waals surface area contributed by atoms with E-state index in [-0.39, 0.29) is 10.7 Å². The van der Waals surface area contributed by atoms with Gasteiger partial charge in [0.1, 0.15) is 0 Å². The molecule has 1 amide bonds. The van der Waals surface area contributed by atoms with Crippen molar-refractivity contribution in [3.05, 3.63) is 0 Å². The van der Waals surface area contributed by atoms with Crippen molar-refractivity contribution in [2.24, 2.45) is 5.92 Å². The molecule has 1 N–H and O–H groups in total. The molecule has 0 aromatic heterocycles. The van der Waals surface area contributed by atoms with E-state index in [4.69, 9.17) is 0 Å². The van der Waals surface area contributed by atoms with E-state index >= 15 is 0 Å². The smallest absolute Gasteiger partial charge is 0.233 e. The summed E-state index contributed by atoms with van der Waals surface area (Å²) >= 11 is 3.19. The second-order valence-corrected chi connectivity index (χ2v) is 4.46. The van der Waals surface area contributed by atoms with Crippen LogP contribution in [0.2, 0.25) is 0 Å². The maximum Gasteiger partial charge on any atom is 0.233 e. The fraction of sp³-hybridized carbons (Fsp3) is 0.875. The van der Waals surface area contributed by atoms with Crippen LogP contribution in [0.3, 0.4) is 0 Å². The average molecular weight is 222 g/mol. The molecule has 0 spiro atoms. The number of hydrogen-bond donors (Lipinski definition) is 1. The van der Waals surface area contributed by atoms with Crippen LogP contribution in [-0.4, -0.2) is 17.3 Å². The molecule has 0 aliphatic heterocycles. The van der Waals surface area contributed by atoms with Gasteiger partial charge >= 0.3 is 0 Å². The quantitative estimate of drug-likeness (QED) is 0.723. The van der Waals surface area contributed by atoms with Crippen molar-refractivity contribution in [2.75, 3.05) is 6.54 Å². The first-order valence-electron chi connectivity index (χ1n) is 3.95. The zero-order valence-corrected chi connectivity index (χ0v) is 8.94. The van der Waals surface area contributed by atoms with Gasteiger partial charge < -0.3 is 5.32 Å². The van der Waals surface area contributed by atoms with E-state index in [1.165, 1.54) is 0 Å². The Morgan fingerprint density at radius 3 is 2.36 bits per heavy atom. The van der Waals surface area contributed by atoms with Crippen molar-refractivity contribution in [1.29, 1.82) is 0 Å². The minimum Gasteiger partial charge on any atom is -0.355 e. The number of nitrogens with one attached hydrogen (secondary N) is 1. The normalized spacial score (nSPS) is 13.2. The molecule has 2 nitrogen and oxygen atoms in total. The SMILES string of the molecule is CC(C)CCNC(=O)[C@H](C)Br. The van der Waals surface area contributed by atoms with Gasteiger partial charge in [-0.3, -0.25) is 4.79 Å². The summed E-state index contributed by atoms with van der Waals surface area (Å²) in [6, 6.07) is 0. The summed E-state index contributed by atoms with van der Waals surface area (Å²) in [6.07, 6.45) is 1.05. The lowest BCUT2D eigenvalue weighted by Crippen LogP contribution is -2.30. The summed E-state index contributed by atoms with van der Waals surface area (Å²) in [5.74, 6) is 0.728. The first-order valence-corrected chi connectivity index (χ1v) is 4.87. The molecule has 0 heterocycles. The lowest BCUT2D eigenvalue weighted by atomic mass is 10.1. The molecule has 0 aliphatic carbocycles. The maximum atomic E-state index is 11.0. The molecule has 0 saturated carbocycles. The third kappa shape index (κ3) is 6.35. The Bertz CT molecular complexity index is 123. The number of hydrogen-bond acceptors (Lipinski definition) is 1. The zero-order chi connectivity index (χ0) is 8.85. The van der Waals surface area contributed by atoms with Crippen LogP contribution in [0.1, 0.15) is 27.2 Å². The number of amides is 1. The van der Waals surface area contributed by atoms with Gasteiger partial charge in [-0.2, -0.15) is 0 Å². The van der Waals surface area contributed by atoms with Crippen LogP contribution in [0.15, 0.2) is 0 Å². The molecule has 0 rings (SSSR count). The zero-order valence-electron chi connectivity index (χ0n) is 7.36. The van der Waals surface area contributed by atoms with Crippen LogP contribution < -0.4 is 5.32 Å². The number of halogens is 1. The van der Waals surface area contributed by atoms with Gasteiger partial charge in [-0.1, -0.05) is 29.8 Å². The van der Waals surface area contributed by atoms with E-state index in [9.17, 15) is 4.79 Å². The first kappa shape index (κ1) is 11.0. The highest BCUT2D eigenvalue weighted by Gasteiger charge is 2.06. The highest BCUT2D eigenvalue weighted by atomic mass is 79.9. The molecule has 66 valence electrons. The molecule has 0 fully saturated rings. The van der Waals surface area contributed by atoms with Crippen LogP contribution >= 0.6 is 15.9 Å². The Balaban J connectivity index is 3.32. The van der Waals surface area contributed by atoms with E-state index in [1.54, 1.807) is 0 Å². The van der Waals surface area contributed by atoms with Gasteiger partial charge in [-0.25, -0.2) is 0 Å². The molecular weight excluding hydrogens is 206 g/mol. The Morgan fingerprint density at radius 1 is 1.45 bits per heavy atom. The molecule has 0 bridgehead atoms. The summed E-state index contributed by atoms with van der Waals surface area (Å²) in [5.41, 5.74) is 0. The topological polar surface area (TPSA) is 29.1 Å². The van der Waals surface area contributed by atoms with E-state index in [0.717, 1.165) is 13.0 Å². The van der Waals surface area contributed by atoms with Crippen molar-refractivity contribution in [1.82, 2.24) is 5.32 Å². The fourth-order valence-corrected chi connectivity index (χ4v) is 0.787. The van der Waals surface area contributed by atoms with E-state index in [1.807, 2.05) is 6.92 Å². The molecule has 11 heavy (non-hydrogen) atoms. The van der Waals surface area contributed by atoms with Gasteiger partial charge in [-0.05, 0) is 19.3 Å². The van der Waals surface area contributed by atoms with Crippen molar-refractivity contribution >= 4 is 21.8 Å². The number of carbonyl (C=O) groups excluding carboxylic acids is 1.